The van der Waals surface area contributed by atoms with Crippen LogP contribution in [0.3, 0.4) is 0 Å². The lowest BCUT2D eigenvalue weighted by Gasteiger charge is -2.21. The summed E-state index contributed by atoms with van der Waals surface area (Å²) in [6.07, 6.45) is 7.54. The molecule has 128 valence electrons. The normalized spacial score (nSPS) is 28.0. The Kier molecular flexibility index (Phi) is 5.00. The molecule has 4 heteroatoms. The molecule has 2 bridgehead atoms. The van der Waals surface area contributed by atoms with Gasteiger partial charge in [-0.15, -0.1) is 0 Å². The van der Waals surface area contributed by atoms with Crippen molar-refractivity contribution in [2.75, 3.05) is 0 Å². The zero-order chi connectivity index (χ0) is 16.4. The minimum atomic E-state index is -3.49. The number of rotatable bonds is 7. The lowest BCUT2D eigenvalue weighted by molar-refractivity contribution is 0.418. The molecule has 0 saturated heterocycles. The molecule has 2 fully saturated rings. The Morgan fingerprint density at radius 1 is 1.13 bits per heavy atom. The van der Waals surface area contributed by atoms with Crippen molar-refractivity contribution in [2.45, 2.75) is 70.0 Å². The first kappa shape index (κ1) is 16.8. The van der Waals surface area contributed by atoms with Gasteiger partial charge < -0.3 is 4.18 Å². The summed E-state index contributed by atoms with van der Waals surface area (Å²) >= 11 is 0. The minimum absolute atomic E-state index is 0.288. The van der Waals surface area contributed by atoms with Gasteiger partial charge in [-0.1, -0.05) is 38.8 Å². The molecule has 0 aromatic heterocycles. The minimum Gasteiger partial charge on any atom is -0.382 e. The first-order valence-corrected chi connectivity index (χ1v) is 10.5. The quantitative estimate of drug-likeness (QED) is 0.667. The van der Waals surface area contributed by atoms with Gasteiger partial charge in [-0.25, -0.2) is 0 Å². The monoisotopic (exact) mass is 336 g/mol. The van der Waals surface area contributed by atoms with Gasteiger partial charge in [0.2, 0.25) is 0 Å². The zero-order valence-corrected chi connectivity index (χ0v) is 15.0. The maximum Gasteiger partial charge on any atom is 0.312 e. The van der Waals surface area contributed by atoms with Gasteiger partial charge in [-0.3, -0.25) is 0 Å². The fourth-order valence-electron chi connectivity index (χ4n) is 4.49. The predicted octanol–water partition coefficient (Wildman–Crippen LogP) is 4.88. The summed E-state index contributed by atoms with van der Waals surface area (Å²) in [4.78, 5) is 0. The van der Waals surface area contributed by atoms with E-state index in [1.54, 1.807) is 0 Å². The van der Waals surface area contributed by atoms with Crippen LogP contribution < -0.4 is 4.18 Å². The van der Waals surface area contributed by atoms with Crippen molar-refractivity contribution in [1.29, 1.82) is 0 Å². The lowest BCUT2D eigenvalue weighted by Crippen LogP contribution is -2.30. The second-order valence-corrected chi connectivity index (χ2v) is 9.01. The summed E-state index contributed by atoms with van der Waals surface area (Å²) in [5, 5.41) is -0.288. The van der Waals surface area contributed by atoms with E-state index in [1.165, 1.54) is 18.4 Å². The van der Waals surface area contributed by atoms with Crippen LogP contribution in [0.4, 0.5) is 0 Å². The van der Waals surface area contributed by atoms with E-state index in [0.29, 0.717) is 23.5 Å². The molecule has 0 amide bonds. The number of benzene rings is 1. The molecule has 3 nitrogen and oxygen atoms in total. The molecule has 0 radical (unpaired) electrons. The van der Waals surface area contributed by atoms with Crippen LogP contribution in [-0.4, -0.2) is 13.7 Å². The molecule has 0 heterocycles. The summed E-state index contributed by atoms with van der Waals surface area (Å²) in [5.41, 5.74) is 1.28. The van der Waals surface area contributed by atoms with Crippen molar-refractivity contribution in [2.24, 2.45) is 11.8 Å². The fraction of sp³-hybridized carbons (Fsp3) is 0.684. The fourth-order valence-corrected chi connectivity index (χ4v) is 6.22. The van der Waals surface area contributed by atoms with Gasteiger partial charge >= 0.3 is 10.1 Å². The summed E-state index contributed by atoms with van der Waals surface area (Å²) < 4.78 is 30.5. The van der Waals surface area contributed by atoms with E-state index in [2.05, 4.69) is 13.8 Å². The molecule has 2 aliphatic rings. The van der Waals surface area contributed by atoms with Crippen LogP contribution in [0.15, 0.2) is 24.3 Å². The van der Waals surface area contributed by atoms with E-state index in [4.69, 9.17) is 4.18 Å². The standard InChI is InChI=1S/C19H28O3S/c1-3-5-15(4-2)16-8-10-18(11-9-16)22-23(20,21)19-13-14-6-7-17(19)12-14/h8-11,14-15,17,19H,3-7,12-13H2,1-2H3. The van der Waals surface area contributed by atoms with E-state index in [9.17, 15) is 8.42 Å². The van der Waals surface area contributed by atoms with Gasteiger partial charge in [-0.05, 0) is 67.6 Å². The van der Waals surface area contributed by atoms with E-state index in [0.717, 1.165) is 32.1 Å². The van der Waals surface area contributed by atoms with Crippen molar-refractivity contribution in [3.05, 3.63) is 29.8 Å². The smallest absolute Gasteiger partial charge is 0.312 e. The predicted molar refractivity (Wildman–Crippen MR) is 93.2 cm³/mol. The molecule has 0 N–H and O–H groups in total. The third-order valence-corrected chi connectivity index (χ3v) is 7.48. The second-order valence-electron chi connectivity index (χ2n) is 7.25. The molecule has 3 rings (SSSR count). The summed E-state index contributed by atoms with van der Waals surface area (Å²) in [6, 6.07) is 7.68. The van der Waals surface area contributed by atoms with Gasteiger partial charge in [0.15, 0.2) is 0 Å². The Hall–Kier alpha value is -1.03. The summed E-state index contributed by atoms with van der Waals surface area (Å²) in [7, 11) is -3.49. The van der Waals surface area contributed by atoms with Crippen molar-refractivity contribution in [1.82, 2.24) is 0 Å². The van der Waals surface area contributed by atoms with Crippen LogP contribution in [0.25, 0.3) is 0 Å². The molecular weight excluding hydrogens is 308 g/mol. The highest BCUT2D eigenvalue weighted by Gasteiger charge is 2.47. The summed E-state index contributed by atoms with van der Waals surface area (Å²) in [5.74, 6) is 1.93. The Morgan fingerprint density at radius 3 is 2.39 bits per heavy atom. The van der Waals surface area contributed by atoms with Crippen LogP contribution in [0, 0.1) is 11.8 Å². The number of hydrogen-bond acceptors (Lipinski definition) is 3. The van der Waals surface area contributed by atoms with Crippen LogP contribution in [0.1, 0.15) is 70.3 Å². The highest BCUT2D eigenvalue weighted by molar-refractivity contribution is 7.87. The summed E-state index contributed by atoms with van der Waals surface area (Å²) in [6.45, 7) is 4.40. The molecule has 4 atom stereocenters. The molecule has 23 heavy (non-hydrogen) atoms. The Labute approximate surface area is 140 Å². The van der Waals surface area contributed by atoms with Gasteiger partial charge in [0.05, 0.1) is 0 Å². The lowest BCUT2D eigenvalue weighted by atomic mass is 9.92. The molecule has 1 aromatic carbocycles. The van der Waals surface area contributed by atoms with Crippen molar-refractivity contribution >= 4 is 10.1 Å². The molecule has 1 aromatic rings. The average Bonchev–Trinajstić information content (AvgIpc) is 3.16. The zero-order valence-electron chi connectivity index (χ0n) is 14.2. The maximum absolute atomic E-state index is 12.5. The van der Waals surface area contributed by atoms with Crippen LogP contribution in [0.2, 0.25) is 0 Å². The number of fused-ring (bicyclic) bond motifs is 2. The van der Waals surface area contributed by atoms with Gasteiger partial charge in [0.25, 0.3) is 0 Å². The van der Waals surface area contributed by atoms with Crippen molar-refractivity contribution < 1.29 is 12.6 Å². The van der Waals surface area contributed by atoms with Crippen LogP contribution >= 0.6 is 0 Å². The number of hydrogen-bond donors (Lipinski definition) is 0. The van der Waals surface area contributed by atoms with Crippen molar-refractivity contribution in [3.8, 4) is 5.75 Å². The molecule has 4 unspecified atom stereocenters. The van der Waals surface area contributed by atoms with Gasteiger partial charge in [-0.2, -0.15) is 8.42 Å². The molecular formula is C19H28O3S. The van der Waals surface area contributed by atoms with Gasteiger partial charge in [0, 0.05) is 0 Å². The first-order valence-electron chi connectivity index (χ1n) is 9.06. The largest absolute Gasteiger partial charge is 0.382 e. The third-order valence-electron chi connectivity index (χ3n) is 5.74. The van der Waals surface area contributed by atoms with Gasteiger partial charge in [0.1, 0.15) is 11.0 Å². The molecule has 0 aliphatic heterocycles. The SMILES string of the molecule is CCCC(CC)c1ccc(OS(=O)(=O)C2CC3CCC2C3)cc1. The average molecular weight is 336 g/mol. The third kappa shape index (κ3) is 3.57. The van der Waals surface area contributed by atoms with E-state index in [-0.39, 0.29) is 5.25 Å². The second kappa shape index (κ2) is 6.84. The Morgan fingerprint density at radius 2 is 1.87 bits per heavy atom. The van der Waals surface area contributed by atoms with Crippen LogP contribution in [-0.2, 0) is 10.1 Å². The van der Waals surface area contributed by atoms with E-state index < -0.39 is 10.1 Å². The van der Waals surface area contributed by atoms with Crippen LogP contribution in [0.5, 0.6) is 5.75 Å². The maximum atomic E-state index is 12.5. The molecule has 2 saturated carbocycles. The highest BCUT2D eigenvalue weighted by Crippen LogP contribution is 2.47. The molecule has 0 spiro atoms. The van der Waals surface area contributed by atoms with E-state index >= 15 is 0 Å². The Bertz CT molecular complexity index is 621. The van der Waals surface area contributed by atoms with Crippen molar-refractivity contribution in [3.63, 3.8) is 0 Å². The van der Waals surface area contributed by atoms with E-state index in [1.807, 2.05) is 24.3 Å². The first-order chi connectivity index (χ1) is 11.0. The molecule has 2 aliphatic carbocycles. The Balaban J connectivity index is 1.68. The topological polar surface area (TPSA) is 43.4 Å². The highest BCUT2D eigenvalue weighted by atomic mass is 32.2.